The quantitative estimate of drug-likeness (QED) is 0.876. The van der Waals surface area contributed by atoms with Gasteiger partial charge in [0.1, 0.15) is 0 Å². The number of thiophene rings is 1. The smallest absolute Gasteiger partial charge is 0.0809 e. The molecule has 2 aromatic rings. The van der Waals surface area contributed by atoms with Crippen molar-refractivity contribution in [1.82, 2.24) is 10.3 Å². The second-order valence-electron chi connectivity index (χ2n) is 6.17. The molecule has 108 valence electrons. The van der Waals surface area contributed by atoms with Crippen LogP contribution in [0.5, 0.6) is 0 Å². The third-order valence-electron chi connectivity index (χ3n) is 5.04. The van der Waals surface area contributed by atoms with E-state index in [1.165, 1.54) is 29.5 Å². The van der Waals surface area contributed by atoms with Crippen LogP contribution in [0.1, 0.15) is 51.6 Å². The molecule has 20 heavy (non-hydrogen) atoms. The molecule has 3 rings (SSSR count). The molecule has 1 aliphatic carbocycles. The van der Waals surface area contributed by atoms with E-state index in [2.05, 4.69) is 48.6 Å². The van der Waals surface area contributed by atoms with E-state index in [0.717, 1.165) is 17.4 Å². The van der Waals surface area contributed by atoms with Crippen LogP contribution in [0.2, 0.25) is 0 Å². The molecule has 4 unspecified atom stereocenters. The Morgan fingerprint density at radius 2 is 2.30 bits per heavy atom. The first kappa shape index (κ1) is 14.0. The summed E-state index contributed by atoms with van der Waals surface area (Å²) in [5, 5.41) is 5.95. The molecular formula is C17H24N2S. The topological polar surface area (TPSA) is 24.9 Å². The van der Waals surface area contributed by atoms with E-state index in [1.807, 2.05) is 6.20 Å². The Balaban J connectivity index is 1.71. The minimum atomic E-state index is 0.386. The normalized spacial score (nSPS) is 28.1. The maximum atomic E-state index is 4.56. The van der Waals surface area contributed by atoms with Crippen molar-refractivity contribution < 1.29 is 0 Å². The fraction of sp³-hybridized carbons (Fsp3) is 0.588. The standard InChI is InChI=1S/C17H24N2S/c1-4-13-5-6-15(11(13)2)19-12(3)14-9-17-16(18-10-14)7-8-20-17/h7-13,15,19H,4-6H2,1-3H3. The summed E-state index contributed by atoms with van der Waals surface area (Å²) in [4.78, 5) is 4.56. The second kappa shape index (κ2) is 5.82. The van der Waals surface area contributed by atoms with Crippen molar-refractivity contribution in [1.29, 1.82) is 0 Å². The predicted molar refractivity (Wildman–Crippen MR) is 87.1 cm³/mol. The number of hydrogen-bond acceptors (Lipinski definition) is 3. The Morgan fingerprint density at radius 3 is 3.05 bits per heavy atom. The number of nitrogens with one attached hydrogen (secondary N) is 1. The molecular weight excluding hydrogens is 264 g/mol. The monoisotopic (exact) mass is 288 g/mol. The van der Waals surface area contributed by atoms with Crippen molar-refractivity contribution in [3.63, 3.8) is 0 Å². The first-order chi connectivity index (χ1) is 9.69. The molecule has 4 atom stereocenters. The summed E-state index contributed by atoms with van der Waals surface area (Å²) in [7, 11) is 0. The molecule has 1 fully saturated rings. The second-order valence-corrected chi connectivity index (χ2v) is 7.12. The zero-order valence-corrected chi connectivity index (χ0v) is 13.4. The van der Waals surface area contributed by atoms with E-state index in [0.29, 0.717) is 12.1 Å². The van der Waals surface area contributed by atoms with Crippen molar-refractivity contribution in [3.8, 4) is 0 Å². The lowest BCUT2D eigenvalue weighted by Crippen LogP contribution is -2.34. The molecule has 0 aromatic carbocycles. The Morgan fingerprint density at radius 1 is 1.45 bits per heavy atom. The van der Waals surface area contributed by atoms with E-state index >= 15 is 0 Å². The maximum absolute atomic E-state index is 4.56. The van der Waals surface area contributed by atoms with Gasteiger partial charge in [-0.15, -0.1) is 11.3 Å². The number of rotatable bonds is 4. The predicted octanol–water partition coefficient (Wildman–Crippen LogP) is 4.77. The average molecular weight is 288 g/mol. The van der Waals surface area contributed by atoms with Crippen molar-refractivity contribution >= 4 is 21.6 Å². The summed E-state index contributed by atoms with van der Waals surface area (Å²) in [6.07, 6.45) is 6.04. The molecule has 2 nitrogen and oxygen atoms in total. The lowest BCUT2D eigenvalue weighted by molar-refractivity contribution is 0.327. The highest BCUT2D eigenvalue weighted by molar-refractivity contribution is 7.17. The molecule has 2 heterocycles. The summed E-state index contributed by atoms with van der Waals surface area (Å²) >= 11 is 1.78. The van der Waals surface area contributed by atoms with Crippen LogP contribution in [0.15, 0.2) is 23.7 Å². The highest BCUT2D eigenvalue weighted by atomic mass is 32.1. The minimum absolute atomic E-state index is 0.386. The van der Waals surface area contributed by atoms with Gasteiger partial charge in [0.15, 0.2) is 0 Å². The third-order valence-corrected chi connectivity index (χ3v) is 5.89. The van der Waals surface area contributed by atoms with Gasteiger partial charge < -0.3 is 5.32 Å². The van der Waals surface area contributed by atoms with Gasteiger partial charge >= 0.3 is 0 Å². The van der Waals surface area contributed by atoms with Crippen LogP contribution in [-0.4, -0.2) is 11.0 Å². The molecule has 1 saturated carbocycles. The Kier molecular flexibility index (Phi) is 4.08. The molecule has 0 aliphatic heterocycles. The van der Waals surface area contributed by atoms with E-state index in [4.69, 9.17) is 0 Å². The Hall–Kier alpha value is -0.930. The lowest BCUT2D eigenvalue weighted by Gasteiger charge is -2.25. The van der Waals surface area contributed by atoms with Crippen LogP contribution in [0.3, 0.4) is 0 Å². The van der Waals surface area contributed by atoms with Crippen LogP contribution in [0.25, 0.3) is 10.2 Å². The van der Waals surface area contributed by atoms with Gasteiger partial charge in [-0.3, -0.25) is 4.98 Å². The van der Waals surface area contributed by atoms with E-state index in [-0.39, 0.29) is 0 Å². The average Bonchev–Trinajstić information content (AvgIpc) is 3.05. The van der Waals surface area contributed by atoms with Crippen LogP contribution in [0, 0.1) is 11.8 Å². The summed E-state index contributed by atoms with van der Waals surface area (Å²) in [5.74, 6) is 1.69. The fourth-order valence-corrected chi connectivity index (χ4v) is 4.36. The van der Waals surface area contributed by atoms with Crippen molar-refractivity contribution in [2.24, 2.45) is 11.8 Å². The fourth-order valence-electron chi connectivity index (χ4n) is 3.57. The first-order valence-corrected chi connectivity index (χ1v) is 8.66. The summed E-state index contributed by atoms with van der Waals surface area (Å²) < 4.78 is 1.29. The zero-order valence-electron chi connectivity index (χ0n) is 12.6. The van der Waals surface area contributed by atoms with Gasteiger partial charge in [-0.25, -0.2) is 0 Å². The molecule has 0 bridgehead atoms. The van der Waals surface area contributed by atoms with Crippen molar-refractivity contribution in [2.75, 3.05) is 0 Å². The molecule has 0 amide bonds. The van der Waals surface area contributed by atoms with Gasteiger partial charge in [-0.1, -0.05) is 20.3 Å². The van der Waals surface area contributed by atoms with Crippen molar-refractivity contribution in [3.05, 3.63) is 29.3 Å². The highest BCUT2D eigenvalue weighted by Crippen LogP contribution is 2.35. The number of aromatic nitrogens is 1. The van der Waals surface area contributed by atoms with E-state index in [1.54, 1.807) is 11.3 Å². The maximum Gasteiger partial charge on any atom is 0.0809 e. The largest absolute Gasteiger partial charge is 0.307 e. The van der Waals surface area contributed by atoms with Gasteiger partial charge in [0.2, 0.25) is 0 Å². The molecule has 0 spiro atoms. The first-order valence-electron chi connectivity index (χ1n) is 7.78. The Bertz CT molecular complexity index is 577. The minimum Gasteiger partial charge on any atom is -0.307 e. The molecule has 0 saturated heterocycles. The molecule has 1 N–H and O–H groups in total. The van der Waals surface area contributed by atoms with E-state index < -0.39 is 0 Å². The van der Waals surface area contributed by atoms with Crippen LogP contribution >= 0.6 is 11.3 Å². The van der Waals surface area contributed by atoms with Crippen LogP contribution < -0.4 is 5.32 Å². The molecule has 2 aromatic heterocycles. The Labute approximate surface area is 125 Å². The summed E-state index contributed by atoms with van der Waals surface area (Å²) in [6, 6.07) is 5.43. The summed E-state index contributed by atoms with van der Waals surface area (Å²) in [6.45, 7) is 7.00. The lowest BCUT2D eigenvalue weighted by atomic mass is 9.93. The number of hydrogen-bond donors (Lipinski definition) is 1. The number of nitrogens with zero attached hydrogens (tertiary/aromatic N) is 1. The summed E-state index contributed by atoms with van der Waals surface area (Å²) in [5.41, 5.74) is 2.43. The third kappa shape index (κ3) is 2.61. The van der Waals surface area contributed by atoms with Crippen molar-refractivity contribution in [2.45, 2.75) is 52.1 Å². The van der Waals surface area contributed by atoms with Crippen LogP contribution in [0.4, 0.5) is 0 Å². The SMILES string of the molecule is CCC1CCC(NC(C)c2cnc3ccsc3c2)C1C. The van der Waals surface area contributed by atoms with Gasteiger partial charge in [-0.05, 0) is 54.7 Å². The molecule has 3 heteroatoms. The highest BCUT2D eigenvalue weighted by Gasteiger charge is 2.32. The van der Waals surface area contributed by atoms with Crippen LogP contribution in [-0.2, 0) is 0 Å². The van der Waals surface area contributed by atoms with Gasteiger partial charge in [0.05, 0.1) is 10.2 Å². The number of pyridine rings is 1. The van der Waals surface area contributed by atoms with Gasteiger partial charge in [0.25, 0.3) is 0 Å². The van der Waals surface area contributed by atoms with E-state index in [9.17, 15) is 0 Å². The molecule has 0 radical (unpaired) electrons. The number of fused-ring (bicyclic) bond motifs is 1. The zero-order chi connectivity index (χ0) is 14.1. The van der Waals surface area contributed by atoms with Gasteiger partial charge in [-0.2, -0.15) is 0 Å². The van der Waals surface area contributed by atoms with Gasteiger partial charge in [0, 0.05) is 18.3 Å². The molecule has 1 aliphatic rings.